The van der Waals surface area contributed by atoms with Gasteiger partial charge in [-0.3, -0.25) is 9.78 Å². The number of rotatable bonds is 10. The number of hydrogen-bond donors (Lipinski definition) is 3. The molecule has 5 nitrogen and oxygen atoms in total. The fourth-order valence-electron chi connectivity index (χ4n) is 6.91. The van der Waals surface area contributed by atoms with E-state index in [0.29, 0.717) is 11.1 Å². The van der Waals surface area contributed by atoms with Crippen LogP contribution in [0, 0.1) is 0 Å². The third-order valence-electron chi connectivity index (χ3n) is 9.32. The fourth-order valence-corrected chi connectivity index (χ4v) is 6.91. The van der Waals surface area contributed by atoms with Crippen molar-refractivity contribution < 1.29 is 9.90 Å². The molecule has 1 atom stereocenters. The summed E-state index contributed by atoms with van der Waals surface area (Å²) >= 11 is 0. The number of hydrogen-bond acceptors (Lipinski definition) is 4. The summed E-state index contributed by atoms with van der Waals surface area (Å²) < 4.78 is 0. The average molecular weight is 652 g/mol. The maximum atomic E-state index is 15.6. The molecule has 0 radical (unpaired) electrons. The smallest absolute Gasteiger partial charge is 0.240 e. The summed E-state index contributed by atoms with van der Waals surface area (Å²) in [5.74, 6) is -0.254. The zero-order valence-electron chi connectivity index (χ0n) is 27.5. The van der Waals surface area contributed by atoms with Crippen molar-refractivity contribution >= 4 is 5.91 Å². The summed E-state index contributed by atoms with van der Waals surface area (Å²) in [5, 5.41) is 14.5. The Labute approximate surface area is 292 Å². The monoisotopic (exact) mass is 651 g/mol. The lowest BCUT2D eigenvalue weighted by atomic mass is 9.68. The second-order valence-electron chi connectivity index (χ2n) is 12.3. The summed E-state index contributed by atoms with van der Waals surface area (Å²) in [6.07, 6.45) is 3.09. The van der Waals surface area contributed by atoms with Crippen LogP contribution in [0.25, 0.3) is 22.3 Å². The van der Waals surface area contributed by atoms with Crippen LogP contribution in [0.4, 0.5) is 0 Å². The number of nitrogens with two attached hydrogens (primary N) is 1. The summed E-state index contributed by atoms with van der Waals surface area (Å²) in [6.45, 7) is 0.0567. The number of amides is 1. The molecule has 1 amide bonds. The largest absolute Gasteiger partial charge is 0.506 e. The highest BCUT2D eigenvalue weighted by Gasteiger charge is 2.45. The van der Waals surface area contributed by atoms with Gasteiger partial charge in [0, 0.05) is 23.9 Å². The number of pyridine rings is 1. The quantitative estimate of drug-likeness (QED) is 0.129. The van der Waals surface area contributed by atoms with Crippen molar-refractivity contribution in [2.24, 2.45) is 5.73 Å². The average Bonchev–Trinajstić information content (AvgIpc) is 3.19. The molecule has 0 unspecified atom stereocenters. The van der Waals surface area contributed by atoms with E-state index in [1.165, 1.54) is 6.20 Å². The summed E-state index contributed by atoms with van der Waals surface area (Å²) in [7, 11) is 0. The minimum atomic E-state index is -1.23. The number of nitrogens with one attached hydrogen (secondary N) is 1. The zero-order valence-corrected chi connectivity index (χ0v) is 27.5. The first-order valence-corrected chi connectivity index (χ1v) is 16.7. The van der Waals surface area contributed by atoms with Gasteiger partial charge in [0.05, 0.1) is 12.2 Å². The van der Waals surface area contributed by atoms with Crippen LogP contribution in [-0.2, 0) is 16.8 Å². The van der Waals surface area contributed by atoms with E-state index >= 15 is 4.79 Å². The first-order valence-electron chi connectivity index (χ1n) is 16.7. The fraction of sp³-hybridized carbons (Fsp3) is 0.0667. The molecule has 50 heavy (non-hydrogen) atoms. The second-order valence-corrected chi connectivity index (χ2v) is 12.3. The third kappa shape index (κ3) is 6.18. The molecular formula is C45H37N3O2. The molecule has 7 aromatic rings. The Morgan fingerprint density at radius 2 is 1.02 bits per heavy atom. The molecule has 0 aliphatic heterocycles. The second kappa shape index (κ2) is 14.4. The van der Waals surface area contributed by atoms with E-state index in [1.807, 2.05) is 127 Å². The van der Waals surface area contributed by atoms with Crippen LogP contribution in [0.5, 0.6) is 5.75 Å². The van der Waals surface area contributed by atoms with Crippen LogP contribution in [0.1, 0.15) is 39.4 Å². The van der Waals surface area contributed by atoms with Crippen molar-refractivity contribution in [3.63, 3.8) is 0 Å². The molecule has 1 aromatic heterocycles. The number of benzene rings is 6. The lowest BCUT2D eigenvalue weighted by Gasteiger charge is -2.36. The Hall–Kier alpha value is -6.30. The van der Waals surface area contributed by atoms with Crippen molar-refractivity contribution in [1.82, 2.24) is 10.3 Å². The normalized spacial score (nSPS) is 11.9. The highest BCUT2D eigenvalue weighted by atomic mass is 16.3. The maximum Gasteiger partial charge on any atom is 0.240 e. The first-order chi connectivity index (χ1) is 24.6. The molecular weight excluding hydrogens is 615 g/mol. The van der Waals surface area contributed by atoms with Gasteiger partial charge in [-0.25, -0.2) is 0 Å². The predicted molar refractivity (Wildman–Crippen MR) is 200 cm³/mol. The van der Waals surface area contributed by atoms with Crippen molar-refractivity contribution in [3.8, 4) is 28.0 Å². The number of aromatic hydroxyl groups is 1. The lowest BCUT2D eigenvalue weighted by Crippen LogP contribution is -2.48. The van der Waals surface area contributed by atoms with Gasteiger partial charge in [0.25, 0.3) is 0 Å². The highest BCUT2D eigenvalue weighted by Crippen LogP contribution is 2.42. The van der Waals surface area contributed by atoms with Crippen molar-refractivity contribution in [3.05, 3.63) is 216 Å². The van der Waals surface area contributed by atoms with Gasteiger partial charge < -0.3 is 16.2 Å². The Morgan fingerprint density at radius 1 is 0.600 bits per heavy atom. The highest BCUT2D eigenvalue weighted by molar-refractivity contribution is 5.96. The molecule has 4 N–H and O–H groups in total. The van der Waals surface area contributed by atoms with E-state index in [0.717, 1.165) is 44.5 Å². The van der Waals surface area contributed by atoms with Crippen molar-refractivity contribution in [2.75, 3.05) is 0 Å². The molecule has 5 heteroatoms. The van der Waals surface area contributed by atoms with Crippen LogP contribution in [0.15, 0.2) is 182 Å². The number of aromatic nitrogens is 1. The Kier molecular flexibility index (Phi) is 9.32. The minimum Gasteiger partial charge on any atom is -0.506 e. The molecule has 6 aromatic carbocycles. The van der Waals surface area contributed by atoms with Crippen LogP contribution >= 0.6 is 0 Å². The van der Waals surface area contributed by atoms with E-state index in [9.17, 15) is 5.11 Å². The van der Waals surface area contributed by atoms with E-state index in [1.54, 1.807) is 6.20 Å². The van der Waals surface area contributed by atoms with Gasteiger partial charge >= 0.3 is 0 Å². The Bertz CT molecular complexity index is 2040. The standard InChI is InChI=1S/C45H37N3O2/c46-29-40-41(30-47-31-42(40)49)43(36-27-34(32-16-6-1-7-17-32)26-35(28-36)33-18-8-2-9-19-33)48-44(50)45(37-20-10-3-11-21-37,38-22-12-4-13-23-38)39-24-14-5-15-25-39/h1-28,30-31,43,49H,29,46H2,(H,48,50)/t43-/m1/s1. The molecule has 1 heterocycles. The number of nitrogens with zero attached hydrogens (tertiary/aromatic N) is 1. The summed E-state index contributed by atoms with van der Waals surface area (Å²) in [5.41, 5.74) is 13.6. The van der Waals surface area contributed by atoms with E-state index in [-0.39, 0.29) is 18.2 Å². The first kappa shape index (κ1) is 32.3. The van der Waals surface area contributed by atoms with Gasteiger partial charge in [0.1, 0.15) is 11.2 Å². The molecule has 0 spiro atoms. The lowest BCUT2D eigenvalue weighted by molar-refractivity contribution is -0.124. The zero-order chi connectivity index (χ0) is 34.3. The molecule has 0 aliphatic carbocycles. The van der Waals surface area contributed by atoms with Gasteiger partial charge in [0.15, 0.2) is 0 Å². The van der Waals surface area contributed by atoms with Crippen molar-refractivity contribution in [2.45, 2.75) is 18.0 Å². The molecule has 7 rings (SSSR count). The minimum absolute atomic E-state index is 0.0211. The van der Waals surface area contributed by atoms with Gasteiger partial charge in [-0.05, 0) is 62.7 Å². The van der Waals surface area contributed by atoms with Crippen LogP contribution in [0.2, 0.25) is 0 Å². The summed E-state index contributed by atoms with van der Waals surface area (Å²) in [6, 6.07) is 55.6. The van der Waals surface area contributed by atoms with Gasteiger partial charge in [0.2, 0.25) is 5.91 Å². The van der Waals surface area contributed by atoms with Crippen molar-refractivity contribution in [1.29, 1.82) is 0 Å². The molecule has 0 saturated heterocycles. The van der Waals surface area contributed by atoms with Gasteiger partial charge in [-0.1, -0.05) is 152 Å². The predicted octanol–water partition coefficient (Wildman–Crippen LogP) is 8.82. The molecule has 0 fully saturated rings. The number of carbonyl (C=O) groups is 1. The Balaban J connectivity index is 1.49. The van der Waals surface area contributed by atoms with Crippen LogP contribution < -0.4 is 11.1 Å². The SMILES string of the molecule is NCc1c(O)cncc1[C@H](NC(=O)C(c1ccccc1)(c1ccccc1)c1ccccc1)c1cc(-c2ccccc2)cc(-c2ccccc2)c1. The topological polar surface area (TPSA) is 88.2 Å². The summed E-state index contributed by atoms with van der Waals surface area (Å²) in [4.78, 5) is 20.0. The molecule has 244 valence electrons. The van der Waals surface area contributed by atoms with E-state index in [2.05, 4.69) is 52.8 Å². The van der Waals surface area contributed by atoms with Crippen LogP contribution in [0.3, 0.4) is 0 Å². The van der Waals surface area contributed by atoms with E-state index < -0.39 is 11.5 Å². The van der Waals surface area contributed by atoms with Gasteiger partial charge in [-0.2, -0.15) is 0 Å². The van der Waals surface area contributed by atoms with E-state index in [4.69, 9.17) is 5.73 Å². The molecule has 0 saturated carbocycles. The Morgan fingerprint density at radius 3 is 1.44 bits per heavy atom. The maximum absolute atomic E-state index is 15.6. The number of carbonyl (C=O) groups excluding carboxylic acids is 1. The van der Waals surface area contributed by atoms with Gasteiger partial charge in [-0.15, -0.1) is 0 Å². The third-order valence-corrected chi connectivity index (χ3v) is 9.32. The molecule has 0 bridgehead atoms. The van der Waals surface area contributed by atoms with Crippen LogP contribution in [-0.4, -0.2) is 16.0 Å². The molecule has 0 aliphatic rings.